The third kappa shape index (κ3) is 11.4. The van der Waals surface area contributed by atoms with Gasteiger partial charge in [-0.05, 0) is 52.0 Å². The summed E-state index contributed by atoms with van der Waals surface area (Å²) in [4.78, 5) is 24.6. The van der Waals surface area contributed by atoms with Gasteiger partial charge in [0, 0.05) is 4.91 Å². The standard InChI is InChI=1S/C19H28F3N3O3S/c1-8-14(28-19(20,21)22)10-15(12(3)4)29-13(5)24-17(27)18(6,7)25-16(26)11-23-9-2/h8,10,23H,3,5,9,11H2,1-2,4,6-7H3,(H,24,27)(H,25,26)/b14-8+,15-10+. The van der Waals surface area contributed by atoms with E-state index in [1.165, 1.54) is 20.8 Å². The number of hydrogen-bond acceptors (Lipinski definition) is 5. The first-order valence-corrected chi connectivity index (χ1v) is 9.53. The van der Waals surface area contributed by atoms with Crippen molar-refractivity contribution in [2.45, 2.75) is 46.5 Å². The number of amides is 2. The highest BCUT2D eigenvalue weighted by Gasteiger charge is 2.32. The molecule has 0 rings (SSSR count). The van der Waals surface area contributed by atoms with Gasteiger partial charge < -0.3 is 20.7 Å². The van der Waals surface area contributed by atoms with Crippen molar-refractivity contribution >= 4 is 23.6 Å². The van der Waals surface area contributed by atoms with Crippen molar-refractivity contribution in [1.82, 2.24) is 16.0 Å². The van der Waals surface area contributed by atoms with E-state index in [4.69, 9.17) is 0 Å². The SMILES string of the molecule is C=C(NC(=O)C(C)(C)NC(=O)CNCC)S/C(=C/C(=C\C)OC(F)(F)F)C(=C)C. The van der Waals surface area contributed by atoms with Gasteiger partial charge in [-0.25, -0.2) is 0 Å². The van der Waals surface area contributed by atoms with Gasteiger partial charge in [0.05, 0.1) is 11.6 Å². The lowest BCUT2D eigenvalue weighted by Crippen LogP contribution is -2.55. The number of thioether (sulfide) groups is 1. The third-order valence-corrected chi connectivity index (χ3v) is 4.29. The monoisotopic (exact) mass is 435 g/mol. The lowest BCUT2D eigenvalue weighted by atomic mass is 10.0. The largest absolute Gasteiger partial charge is 0.573 e. The molecule has 0 aliphatic heterocycles. The average molecular weight is 436 g/mol. The van der Waals surface area contributed by atoms with Crippen LogP contribution in [0.15, 0.2) is 46.6 Å². The molecule has 0 atom stereocenters. The minimum absolute atomic E-state index is 0.0663. The van der Waals surface area contributed by atoms with Gasteiger partial charge in [-0.15, -0.1) is 13.2 Å². The number of likely N-dealkylation sites (N-methyl/N-ethyl adjacent to an activating group) is 1. The summed E-state index contributed by atoms with van der Waals surface area (Å²) in [5.74, 6) is -1.30. The Labute approximate surface area is 173 Å². The maximum atomic E-state index is 12.5. The van der Waals surface area contributed by atoms with Crippen LogP contribution < -0.4 is 16.0 Å². The molecule has 3 N–H and O–H groups in total. The summed E-state index contributed by atoms with van der Waals surface area (Å²) in [7, 11) is 0. The van der Waals surface area contributed by atoms with Crippen LogP contribution in [0.5, 0.6) is 0 Å². The topological polar surface area (TPSA) is 79.5 Å². The van der Waals surface area contributed by atoms with E-state index in [-0.39, 0.29) is 17.5 Å². The zero-order valence-electron chi connectivity index (χ0n) is 17.3. The molecule has 0 aromatic heterocycles. The van der Waals surface area contributed by atoms with Crippen LogP contribution in [0.2, 0.25) is 0 Å². The van der Waals surface area contributed by atoms with E-state index >= 15 is 0 Å². The van der Waals surface area contributed by atoms with Crippen molar-refractivity contribution < 1.29 is 27.5 Å². The fourth-order valence-corrected chi connectivity index (χ4v) is 2.56. The number of hydrogen-bond donors (Lipinski definition) is 3. The van der Waals surface area contributed by atoms with E-state index in [2.05, 4.69) is 33.8 Å². The van der Waals surface area contributed by atoms with Crippen LogP contribution in [0.1, 0.15) is 34.6 Å². The van der Waals surface area contributed by atoms with E-state index < -0.39 is 23.6 Å². The van der Waals surface area contributed by atoms with Gasteiger partial charge >= 0.3 is 6.36 Å². The third-order valence-electron chi connectivity index (χ3n) is 3.25. The van der Waals surface area contributed by atoms with Crippen molar-refractivity contribution in [3.63, 3.8) is 0 Å². The van der Waals surface area contributed by atoms with Crippen molar-refractivity contribution in [3.8, 4) is 0 Å². The first kappa shape index (κ1) is 26.8. The molecule has 0 aliphatic carbocycles. The summed E-state index contributed by atoms with van der Waals surface area (Å²) in [5.41, 5.74) is -0.773. The smallest absolute Gasteiger partial charge is 0.406 e. The molecule has 2 amide bonds. The summed E-state index contributed by atoms with van der Waals surface area (Å²) in [5, 5.41) is 8.13. The molecule has 6 nitrogen and oxygen atoms in total. The number of halogens is 3. The van der Waals surface area contributed by atoms with E-state index in [9.17, 15) is 22.8 Å². The Hall–Kier alpha value is -2.20. The van der Waals surface area contributed by atoms with Crippen LogP contribution in [0.25, 0.3) is 0 Å². The van der Waals surface area contributed by atoms with Gasteiger partial charge in [0.1, 0.15) is 11.3 Å². The fourth-order valence-electron chi connectivity index (χ4n) is 1.80. The van der Waals surface area contributed by atoms with E-state index in [0.717, 1.165) is 23.9 Å². The molecule has 0 fully saturated rings. The summed E-state index contributed by atoms with van der Waals surface area (Å²) in [6.45, 7) is 16.0. The Morgan fingerprint density at radius 2 is 1.79 bits per heavy atom. The Balaban J connectivity index is 5.13. The van der Waals surface area contributed by atoms with Gasteiger partial charge in [0.2, 0.25) is 11.8 Å². The highest BCUT2D eigenvalue weighted by Crippen LogP contribution is 2.31. The quantitative estimate of drug-likeness (QED) is 0.341. The Bertz CT molecular complexity index is 699. The average Bonchev–Trinajstić information content (AvgIpc) is 2.56. The first-order chi connectivity index (χ1) is 13.2. The molecule has 0 heterocycles. The molecule has 0 aliphatic rings. The van der Waals surface area contributed by atoms with Crippen molar-refractivity contribution in [2.75, 3.05) is 13.1 Å². The molecular formula is C19H28F3N3O3S. The number of carbonyl (C=O) groups excluding carboxylic acids is 2. The second kappa shape index (κ2) is 11.7. The number of carbonyl (C=O) groups is 2. The van der Waals surface area contributed by atoms with E-state index in [1.54, 1.807) is 6.92 Å². The molecular weight excluding hydrogens is 407 g/mol. The fraction of sp³-hybridized carbons (Fsp3) is 0.474. The molecule has 0 spiro atoms. The molecule has 0 unspecified atom stereocenters. The van der Waals surface area contributed by atoms with Gasteiger partial charge in [0.25, 0.3) is 0 Å². The van der Waals surface area contributed by atoms with Gasteiger partial charge in [0.15, 0.2) is 0 Å². The predicted octanol–water partition coefficient (Wildman–Crippen LogP) is 3.71. The zero-order chi connectivity index (χ0) is 22.8. The molecule has 29 heavy (non-hydrogen) atoms. The molecule has 10 heteroatoms. The Kier molecular flexibility index (Phi) is 10.8. The van der Waals surface area contributed by atoms with Crippen LogP contribution >= 0.6 is 11.8 Å². The zero-order valence-corrected chi connectivity index (χ0v) is 18.1. The summed E-state index contributed by atoms with van der Waals surface area (Å²) in [6, 6.07) is 0. The molecule has 0 bridgehead atoms. The maximum absolute atomic E-state index is 12.5. The molecule has 0 radical (unpaired) electrons. The van der Waals surface area contributed by atoms with E-state index in [0.29, 0.717) is 17.0 Å². The van der Waals surface area contributed by atoms with Crippen LogP contribution in [-0.4, -0.2) is 36.8 Å². The maximum Gasteiger partial charge on any atom is 0.573 e. The van der Waals surface area contributed by atoms with Gasteiger partial charge in [-0.2, -0.15) is 0 Å². The summed E-state index contributed by atoms with van der Waals surface area (Å²) in [6.07, 6.45) is -2.52. The molecule has 164 valence electrons. The van der Waals surface area contributed by atoms with Gasteiger partial charge in [-0.1, -0.05) is 31.8 Å². The van der Waals surface area contributed by atoms with Crippen molar-refractivity contribution in [2.24, 2.45) is 0 Å². The van der Waals surface area contributed by atoms with Crippen molar-refractivity contribution in [1.29, 1.82) is 0 Å². The highest BCUT2D eigenvalue weighted by molar-refractivity contribution is 8.06. The van der Waals surface area contributed by atoms with Crippen LogP contribution in [0, 0.1) is 0 Å². The number of ether oxygens (including phenoxy) is 1. The Morgan fingerprint density at radius 1 is 1.21 bits per heavy atom. The second-order valence-electron chi connectivity index (χ2n) is 6.46. The molecule has 0 aromatic carbocycles. The van der Waals surface area contributed by atoms with Crippen molar-refractivity contribution in [3.05, 3.63) is 46.6 Å². The lowest BCUT2D eigenvalue weighted by molar-refractivity contribution is -0.303. The normalized spacial score (nSPS) is 13.0. The molecule has 0 aromatic rings. The Morgan fingerprint density at radius 3 is 2.24 bits per heavy atom. The number of alkyl halides is 3. The minimum atomic E-state index is -4.83. The molecule has 0 saturated carbocycles. The first-order valence-electron chi connectivity index (χ1n) is 8.71. The number of allylic oxidation sites excluding steroid dienone is 3. The summed E-state index contributed by atoms with van der Waals surface area (Å²) < 4.78 is 41.3. The van der Waals surface area contributed by atoms with Crippen LogP contribution in [0.4, 0.5) is 13.2 Å². The number of rotatable bonds is 11. The van der Waals surface area contributed by atoms with Crippen LogP contribution in [-0.2, 0) is 14.3 Å². The summed E-state index contributed by atoms with van der Waals surface area (Å²) >= 11 is 0.922. The van der Waals surface area contributed by atoms with E-state index in [1.807, 2.05) is 6.92 Å². The predicted molar refractivity (Wildman–Crippen MR) is 109 cm³/mol. The number of nitrogens with one attached hydrogen (secondary N) is 3. The minimum Gasteiger partial charge on any atom is -0.406 e. The lowest BCUT2D eigenvalue weighted by Gasteiger charge is -2.25. The second-order valence-corrected chi connectivity index (χ2v) is 7.60. The highest BCUT2D eigenvalue weighted by atomic mass is 32.2. The van der Waals surface area contributed by atoms with Crippen LogP contribution in [0.3, 0.4) is 0 Å². The molecule has 0 saturated heterocycles. The van der Waals surface area contributed by atoms with Gasteiger partial charge in [-0.3, -0.25) is 9.59 Å².